The Bertz CT molecular complexity index is 1870. The molecule has 6 aromatic rings. The van der Waals surface area contributed by atoms with E-state index in [1.807, 2.05) is 85.2 Å². The van der Waals surface area contributed by atoms with Gasteiger partial charge in [0, 0.05) is 82.6 Å². The third-order valence-electron chi connectivity index (χ3n) is 7.83. The fourth-order valence-corrected chi connectivity index (χ4v) is 5.61. The molecule has 276 valence electrons. The molecule has 0 atom stereocenters. The van der Waals surface area contributed by atoms with Crippen LogP contribution in [0, 0.1) is 27.7 Å². The van der Waals surface area contributed by atoms with Crippen LogP contribution in [0.25, 0.3) is 33.9 Å². The van der Waals surface area contributed by atoms with E-state index in [1.54, 1.807) is 12.4 Å². The van der Waals surface area contributed by atoms with Crippen molar-refractivity contribution in [3.63, 3.8) is 0 Å². The summed E-state index contributed by atoms with van der Waals surface area (Å²) in [6.45, 7) is 8.49. The number of pyridine rings is 4. The second-order valence-corrected chi connectivity index (χ2v) is 11.4. The topological polar surface area (TPSA) is 76.3 Å². The Morgan fingerprint density at radius 2 is 0.808 bits per heavy atom. The fourth-order valence-electron chi connectivity index (χ4n) is 5.61. The van der Waals surface area contributed by atoms with Crippen LogP contribution in [0.3, 0.4) is 0 Å². The number of halogens is 4. The zero-order valence-corrected chi connectivity index (χ0v) is 34.3. The number of aryl methyl sites for hydroxylation is 4. The van der Waals surface area contributed by atoms with E-state index < -0.39 is 0 Å². The predicted octanol–water partition coefficient (Wildman–Crippen LogP) is 11.1. The average molecular weight is 864 g/mol. The number of nitrogens with zero attached hydrogens (tertiary/aromatic N) is 6. The SMILES string of the molecule is Cc1cc(-c2cc(C)c(N=CCc3cccc(-c4ccccn4)n3)c(C)c2)cc(C)c1N=CCc1cccc(-c2ccccn2)n1.Cl.Cl.Cl.Cl.[Co].[Co]. The van der Waals surface area contributed by atoms with Crippen LogP contribution in [-0.2, 0) is 46.4 Å². The molecule has 0 saturated carbocycles. The van der Waals surface area contributed by atoms with Gasteiger partial charge in [-0.15, -0.1) is 49.6 Å². The average Bonchev–Trinajstić information content (AvgIpc) is 3.08. The van der Waals surface area contributed by atoms with E-state index in [0.717, 1.165) is 67.8 Å². The molecule has 6 rings (SSSR count). The maximum absolute atomic E-state index is 4.86. The number of aromatic nitrogens is 4. The van der Waals surface area contributed by atoms with Crippen molar-refractivity contribution in [2.24, 2.45) is 9.98 Å². The van der Waals surface area contributed by atoms with Crippen molar-refractivity contribution in [3.05, 3.63) is 143 Å². The van der Waals surface area contributed by atoms with E-state index in [-0.39, 0.29) is 83.2 Å². The van der Waals surface area contributed by atoms with E-state index >= 15 is 0 Å². The van der Waals surface area contributed by atoms with Crippen LogP contribution in [0.15, 0.2) is 119 Å². The molecule has 0 unspecified atom stereocenters. The Balaban J connectivity index is 0.00000433. The first-order chi connectivity index (χ1) is 22.4. The summed E-state index contributed by atoms with van der Waals surface area (Å²) >= 11 is 0. The third-order valence-corrected chi connectivity index (χ3v) is 7.83. The molecule has 0 aliphatic carbocycles. The van der Waals surface area contributed by atoms with Crippen LogP contribution >= 0.6 is 49.6 Å². The van der Waals surface area contributed by atoms with Gasteiger partial charge in [-0.1, -0.05) is 24.3 Å². The fraction of sp³-hybridized carbons (Fsp3) is 0.150. The van der Waals surface area contributed by atoms with Crippen molar-refractivity contribution < 1.29 is 33.6 Å². The van der Waals surface area contributed by atoms with Gasteiger partial charge in [0.05, 0.1) is 34.2 Å². The monoisotopic (exact) mass is 862 g/mol. The number of aliphatic imine (C=N–C) groups is 2. The molecular weight excluding hydrogens is 824 g/mol. The minimum absolute atomic E-state index is 0. The van der Waals surface area contributed by atoms with Crippen LogP contribution in [-0.4, -0.2) is 32.4 Å². The van der Waals surface area contributed by atoms with Crippen LogP contribution in [0.1, 0.15) is 33.6 Å². The third kappa shape index (κ3) is 12.3. The van der Waals surface area contributed by atoms with Crippen LogP contribution in [0.2, 0.25) is 0 Å². The Labute approximate surface area is 352 Å². The van der Waals surface area contributed by atoms with Gasteiger partial charge in [-0.05, 0) is 134 Å². The summed E-state index contributed by atoms with van der Waals surface area (Å²) in [5, 5.41) is 0. The first-order valence-corrected chi connectivity index (χ1v) is 15.5. The van der Waals surface area contributed by atoms with Gasteiger partial charge < -0.3 is 0 Å². The molecule has 12 heteroatoms. The van der Waals surface area contributed by atoms with E-state index in [2.05, 4.69) is 61.9 Å². The van der Waals surface area contributed by atoms with Crippen molar-refractivity contribution >= 4 is 73.4 Å². The molecule has 0 N–H and O–H groups in total. The first kappa shape index (κ1) is 48.6. The molecule has 0 aliphatic heterocycles. The second kappa shape index (κ2) is 23.3. The Kier molecular flexibility index (Phi) is 21.7. The largest absolute Gasteiger partial charge is 0.260 e. The zero-order chi connectivity index (χ0) is 31.9. The molecular formula is C40H40Cl4Co2N6. The summed E-state index contributed by atoms with van der Waals surface area (Å²) in [5.41, 5.74) is 14.3. The molecule has 0 fully saturated rings. The zero-order valence-electron chi connectivity index (χ0n) is 28.9. The van der Waals surface area contributed by atoms with Gasteiger partial charge in [0.25, 0.3) is 0 Å². The Morgan fingerprint density at radius 1 is 0.462 bits per heavy atom. The summed E-state index contributed by atoms with van der Waals surface area (Å²) < 4.78 is 0. The Hall–Kier alpha value is -3.45. The molecule has 0 saturated heterocycles. The summed E-state index contributed by atoms with van der Waals surface area (Å²) in [6.07, 6.45) is 8.77. The van der Waals surface area contributed by atoms with Crippen molar-refractivity contribution in [3.8, 4) is 33.9 Å². The smallest absolute Gasteiger partial charge is 0.0889 e. The van der Waals surface area contributed by atoms with Gasteiger partial charge in [0.2, 0.25) is 0 Å². The summed E-state index contributed by atoms with van der Waals surface area (Å²) in [7, 11) is 0. The van der Waals surface area contributed by atoms with Crippen molar-refractivity contribution in [1.82, 2.24) is 19.9 Å². The van der Waals surface area contributed by atoms with Gasteiger partial charge in [-0.25, -0.2) is 0 Å². The molecule has 0 spiro atoms. The second-order valence-electron chi connectivity index (χ2n) is 11.4. The van der Waals surface area contributed by atoms with Crippen LogP contribution in [0.4, 0.5) is 11.4 Å². The van der Waals surface area contributed by atoms with Crippen molar-refractivity contribution in [1.29, 1.82) is 0 Å². The molecule has 2 aromatic carbocycles. The minimum atomic E-state index is 0. The number of rotatable bonds is 9. The predicted molar refractivity (Wildman–Crippen MR) is 218 cm³/mol. The molecule has 4 heterocycles. The molecule has 0 amide bonds. The summed E-state index contributed by atoms with van der Waals surface area (Å²) in [6, 6.07) is 32.7. The maximum atomic E-state index is 4.86. The summed E-state index contributed by atoms with van der Waals surface area (Å²) in [4.78, 5) is 28.1. The molecule has 52 heavy (non-hydrogen) atoms. The number of benzene rings is 2. The molecule has 0 aliphatic rings. The number of hydrogen-bond donors (Lipinski definition) is 0. The minimum Gasteiger partial charge on any atom is -0.260 e. The Morgan fingerprint density at radius 3 is 1.13 bits per heavy atom. The van der Waals surface area contributed by atoms with Crippen LogP contribution in [0.5, 0.6) is 0 Å². The maximum Gasteiger partial charge on any atom is 0.0889 e. The molecule has 0 bridgehead atoms. The van der Waals surface area contributed by atoms with Gasteiger partial charge in [0.15, 0.2) is 0 Å². The van der Waals surface area contributed by atoms with Gasteiger partial charge in [0.1, 0.15) is 0 Å². The van der Waals surface area contributed by atoms with Gasteiger partial charge >= 0.3 is 0 Å². The quantitative estimate of drug-likeness (QED) is 0.136. The van der Waals surface area contributed by atoms with Crippen LogP contribution < -0.4 is 0 Å². The normalized spacial score (nSPS) is 10.2. The van der Waals surface area contributed by atoms with Gasteiger partial charge in [-0.2, -0.15) is 0 Å². The molecule has 6 nitrogen and oxygen atoms in total. The first-order valence-electron chi connectivity index (χ1n) is 15.5. The van der Waals surface area contributed by atoms with Crippen molar-refractivity contribution in [2.45, 2.75) is 40.5 Å². The van der Waals surface area contributed by atoms with E-state index in [0.29, 0.717) is 12.8 Å². The van der Waals surface area contributed by atoms with E-state index in [4.69, 9.17) is 20.0 Å². The molecule has 4 aromatic heterocycles. The number of hydrogen-bond acceptors (Lipinski definition) is 6. The van der Waals surface area contributed by atoms with Crippen molar-refractivity contribution in [2.75, 3.05) is 0 Å². The van der Waals surface area contributed by atoms with E-state index in [1.165, 1.54) is 11.1 Å². The van der Waals surface area contributed by atoms with E-state index in [9.17, 15) is 0 Å². The van der Waals surface area contributed by atoms with Gasteiger partial charge in [-0.3, -0.25) is 29.9 Å². The standard InChI is InChI=1S/C40H36N6.4ClH.2Co/c1-27-23-31(24-28(2)39(27)43-21-17-33-11-9-15-37(45-33)35-13-5-7-19-41-35)32-25-29(3)40(30(4)26-32)44-22-18-34-12-10-16-38(46-34)36-14-6-8-20-42-36;;;;;;/h5-16,19-26H,17-18H2,1-4H3;4*1H;;. The molecule has 2 radical (unpaired) electrons. The summed E-state index contributed by atoms with van der Waals surface area (Å²) in [5.74, 6) is 0.